The Kier molecular flexibility index (Phi) is 7.92. The van der Waals surface area contributed by atoms with E-state index in [0.717, 1.165) is 12.0 Å². The highest BCUT2D eigenvalue weighted by Crippen LogP contribution is 2.23. The topological polar surface area (TPSA) is 99.5 Å². The molecule has 7 nitrogen and oxygen atoms in total. The van der Waals surface area contributed by atoms with Gasteiger partial charge >= 0.3 is 0 Å². The number of rotatable bonds is 9. The van der Waals surface area contributed by atoms with Crippen molar-refractivity contribution in [3.8, 4) is 11.8 Å². The van der Waals surface area contributed by atoms with Gasteiger partial charge in [-0.3, -0.25) is 9.52 Å². The van der Waals surface area contributed by atoms with Crippen molar-refractivity contribution < 1.29 is 17.9 Å². The molecule has 0 unspecified atom stereocenters. The summed E-state index contributed by atoms with van der Waals surface area (Å²) in [5, 5.41) is 9.00. The molecule has 0 radical (unpaired) electrons. The van der Waals surface area contributed by atoms with E-state index in [0.29, 0.717) is 41.2 Å². The Bertz CT molecular complexity index is 1300. The maximum absolute atomic E-state index is 13.4. The number of carbonyl (C=O) groups excluding carboxylic acids is 1. The average molecular weight is 478 g/mol. The van der Waals surface area contributed by atoms with Gasteiger partial charge in [0.05, 0.1) is 23.6 Å². The van der Waals surface area contributed by atoms with Crippen molar-refractivity contribution in [3.63, 3.8) is 0 Å². The molecule has 0 saturated carbocycles. The van der Waals surface area contributed by atoms with Crippen LogP contribution in [0.2, 0.25) is 0 Å². The van der Waals surface area contributed by atoms with Crippen LogP contribution in [0.5, 0.6) is 5.75 Å². The Morgan fingerprint density at radius 1 is 1.06 bits per heavy atom. The standard InChI is InChI=1S/C26H27N3O4S/c1-4-15-29(18-21-8-6-20(17-27)7-9-21)26(30)25-16-24(14-5-19(25)2)34(31,32)28-22-10-12-23(33-3)13-11-22/h5-14,16,28H,4,15,18H2,1-3H3. The minimum Gasteiger partial charge on any atom is -0.497 e. The zero-order chi connectivity index (χ0) is 24.7. The first kappa shape index (κ1) is 24.8. The number of hydrogen-bond donors (Lipinski definition) is 1. The third-order valence-electron chi connectivity index (χ3n) is 5.33. The summed E-state index contributed by atoms with van der Waals surface area (Å²) in [6.07, 6.45) is 0.748. The normalized spacial score (nSPS) is 10.9. The first-order valence-electron chi connectivity index (χ1n) is 10.8. The van der Waals surface area contributed by atoms with Crippen molar-refractivity contribution >= 4 is 21.6 Å². The van der Waals surface area contributed by atoms with Gasteiger partial charge in [0.25, 0.3) is 15.9 Å². The Labute approximate surface area is 200 Å². The Morgan fingerprint density at radius 3 is 2.32 bits per heavy atom. The SMILES string of the molecule is CCCN(Cc1ccc(C#N)cc1)C(=O)c1cc(S(=O)(=O)Nc2ccc(OC)cc2)ccc1C. The van der Waals surface area contributed by atoms with Gasteiger partial charge < -0.3 is 9.64 Å². The summed E-state index contributed by atoms with van der Waals surface area (Å²) in [4.78, 5) is 15.1. The van der Waals surface area contributed by atoms with Crippen LogP contribution in [0, 0.1) is 18.3 Å². The van der Waals surface area contributed by atoms with Gasteiger partial charge in [0.15, 0.2) is 0 Å². The number of benzene rings is 3. The molecular formula is C26H27N3O4S. The molecule has 0 fully saturated rings. The Morgan fingerprint density at radius 2 is 1.74 bits per heavy atom. The molecule has 0 aromatic heterocycles. The minimum atomic E-state index is -3.90. The summed E-state index contributed by atoms with van der Waals surface area (Å²) in [5.74, 6) is 0.370. The Hall–Kier alpha value is -3.83. The molecule has 3 rings (SSSR count). The number of ether oxygens (including phenoxy) is 1. The van der Waals surface area contributed by atoms with Gasteiger partial charge in [0, 0.05) is 24.3 Å². The van der Waals surface area contributed by atoms with E-state index in [1.165, 1.54) is 19.2 Å². The van der Waals surface area contributed by atoms with Crippen molar-refractivity contribution in [2.45, 2.75) is 31.7 Å². The largest absolute Gasteiger partial charge is 0.497 e. The average Bonchev–Trinajstić information content (AvgIpc) is 2.84. The van der Waals surface area contributed by atoms with Crippen LogP contribution >= 0.6 is 0 Å². The van der Waals surface area contributed by atoms with E-state index in [1.807, 2.05) is 19.1 Å². The second-order valence-electron chi connectivity index (χ2n) is 7.85. The van der Waals surface area contributed by atoms with Crippen LogP contribution in [0.25, 0.3) is 0 Å². The van der Waals surface area contributed by atoms with Crippen LogP contribution in [-0.2, 0) is 16.6 Å². The van der Waals surface area contributed by atoms with Gasteiger partial charge in [-0.2, -0.15) is 5.26 Å². The summed E-state index contributed by atoms with van der Waals surface area (Å²) in [7, 11) is -2.37. The molecule has 0 aliphatic carbocycles. The molecule has 3 aromatic carbocycles. The molecule has 1 N–H and O–H groups in total. The monoisotopic (exact) mass is 477 g/mol. The lowest BCUT2D eigenvalue weighted by atomic mass is 10.1. The van der Waals surface area contributed by atoms with Crippen molar-refractivity contribution in [1.29, 1.82) is 5.26 Å². The number of nitrogens with zero attached hydrogens (tertiary/aromatic N) is 2. The van der Waals surface area contributed by atoms with Crippen molar-refractivity contribution in [1.82, 2.24) is 4.90 Å². The molecule has 34 heavy (non-hydrogen) atoms. The predicted molar refractivity (Wildman–Crippen MR) is 131 cm³/mol. The fourth-order valence-corrected chi connectivity index (χ4v) is 4.55. The highest BCUT2D eigenvalue weighted by Gasteiger charge is 2.22. The van der Waals surface area contributed by atoms with Crippen molar-refractivity contribution in [2.24, 2.45) is 0 Å². The first-order valence-corrected chi connectivity index (χ1v) is 12.3. The molecule has 0 atom stereocenters. The summed E-state index contributed by atoms with van der Waals surface area (Å²) in [6.45, 7) is 4.64. The maximum atomic E-state index is 13.4. The van der Waals surface area contributed by atoms with Gasteiger partial charge in [-0.1, -0.05) is 25.1 Å². The van der Waals surface area contributed by atoms with Crippen LogP contribution in [0.4, 0.5) is 5.69 Å². The number of sulfonamides is 1. The third-order valence-corrected chi connectivity index (χ3v) is 6.71. The van der Waals surface area contributed by atoms with Crippen LogP contribution in [0.1, 0.15) is 40.4 Å². The molecule has 1 amide bonds. The minimum absolute atomic E-state index is 0.00656. The van der Waals surface area contributed by atoms with Crippen LogP contribution in [0.3, 0.4) is 0 Å². The van der Waals surface area contributed by atoms with Gasteiger partial charge in [-0.25, -0.2) is 8.42 Å². The highest BCUT2D eigenvalue weighted by molar-refractivity contribution is 7.92. The van der Waals surface area contributed by atoms with Gasteiger partial charge in [0.1, 0.15) is 5.75 Å². The molecule has 8 heteroatoms. The number of nitriles is 1. The number of aryl methyl sites for hydroxylation is 1. The summed E-state index contributed by atoms with van der Waals surface area (Å²) in [6, 6.07) is 20.2. The van der Waals surface area contributed by atoms with Crippen LogP contribution in [-0.4, -0.2) is 32.9 Å². The van der Waals surface area contributed by atoms with Gasteiger partial charge in [-0.15, -0.1) is 0 Å². The summed E-state index contributed by atoms with van der Waals surface area (Å²) < 4.78 is 33.6. The number of methoxy groups -OCH3 is 1. The number of carbonyl (C=O) groups is 1. The summed E-state index contributed by atoms with van der Waals surface area (Å²) >= 11 is 0. The van der Waals surface area contributed by atoms with Crippen molar-refractivity contribution in [2.75, 3.05) is 18.4 Å². The van der Waals surface area contributed by atoms with Gasteiger partial charge in [0.2, 0.25) is 0 Å². The number of nitrogens with one attached hydrogen (secondary N) is 1. The van der Waals surface area contributed by atoms with E-state index in [9.17, 15) is 13.2 Å². The molecule has 0 spiro atoms. The van der Waals surface area contributed by atoms with Crippen LogP contribution < -0.4 is 9.46 Å². The molecule has 0 bridgehead atoms. The number of hydrogen-bond acceptors (Lipinski definition) is 5. The first-order chi connectivity index (χ1) is 16.3. The number of amides is 1. The maximum Gasteiger partial charge on any atom is 0.261 e. The molecule has 3 aromatic rings. The van der Waals surface area contributed by atoms with E-state index >= 15 is 0 Å². The molecule has 0 aliphatic heterocycles. The lowest BCUT2D eigenvalue weighted by Gasteiger charge is -2.23. The molecule has 0 saturated heterocycles. The fraction of sp³-hybridized carbons (Fsp3) is 0.231. The number of anilines is 1. The van der Waals surface area contributed by atoms with E-state index < -0.39 is 10.0 Å². The molecule has 0 heterocycles. The molecular weight excluding hydrogens is 450 g/mol. The molecule has 0 aliphatic rings. The highest BCUT2D eigenvalue weighted by atomic mass is 32.2. The second-order valence-corrected chi connectivity index (χ2v) is 9.53. The van der Waals surface area contributed by atoms with E-state index in [-0.39, 0.29) is 10.8 Å². The summed E-state index contributed by atoms with van der Waals surface area (Å²) in [5.41, 5.74) is 2.86. The lowest BCUT2D eigenvalue weighted by molar-refractivity contribution is 0.0742. The zero-order valence-electron chi connectivity index (χ0n) is 19.4. The lowest BCUT2D eigenvalue weighted by Crippen LogP contribution is -2.32. The van der Waals surface area contributed by atoms with E-state index in [2.05, 4.69) is 10.8 Å². The quantitative estimate of drug-likeness (QED) is 0.480. The third kappa shape index (κ3) is 5.94. The van der Waals surface area contributed by atoms with Gasteiger partial charge in [-0.05, 0) is 73.0 Å². The fourth-order valence-electron chi connectivity index (χ4n) is 3.47. The van der Waals surface area contributed by atoms with E-state index in [1.54, 1.807) is 54.3 Å². The second kappa shape index (κ2) is 10.9. The van der Waals surface area contributed by atoms with Crippen molar-refractivity contribution in [3.05, 3.63) is 89.0 Å². The van der Waals surface area contributed by atoms with Crippen LogP contribution in [0.15, 0.2) is 71.6 Å². The van der Waals surface area contributed by atoms with E-state index in [4.69, 9.17) is 10.00 Å². The Balaban J connectivity index is 1.87. The molecule has 176 valence electrons. The predicted octanol–water partition coefficient (Wildman–Crippen LogP) is 4.73. The smallest absolute Gasteiger partial charge is 0.261 e. The zero-order valence-corrected chi connectivity index (χ0v) is 20.2.